The first kappa shape index (κ1) is 15.5. The molecule has 6 heteroatoms. The number of rotatable bonds is 6. The van der Waals surface area contributed by atoms with E-state index in [0.717, 1.165) is 0 Å². The Hall–Kier alpha value is -1.55. The molecule has 0 spiro atoms. The molecule has 0 saturated carbocycles. The van der Waals surface area contributed by atoms with Crippen molar-refractivity contribution in [3.8, 4) is 18.1 Å². The lowest BCUT2D eigenvalue weighted by Crippen LogP contribution is -2.31. The lowest BCUT2D eigenvalue weighted by molar-refractivity contribution is 0.280. The monoisotopic (exact) mass is 283 g/mol. The number of terminal acetylenes is 1. The van der Waals surface area contributed by atoms with E-state index in [9.17, 15) is 8.42 Å². The molecule has 0 aliphatic heterocycles. The highest BCUT2D eigenvalue weighted by Gasteiger charge is 2.26. The third kappa shape index (κ3) is 3.26. The highest BCUT2D eigenvalue weighted by Crippen LogP contribution is 2.27. The number of ether oxygens (including phenoxy) is 1. The van der Waals surface area contributed by atoms with Crippen molar-refractivity contribution in [3.05, 3.63) is 23.8 Å². The number of benzene rings is 1. The summed E-state index contributed by atoms with van der Waals surface area (Å²) in [4.78, 5) is 0.0456. The van der Waals surface area contributed by atoms with Gasteiger partial charge in [-0.25, -0.2) is 8.42 Å². The summed E-state index contributed by atoms with van der Waals surface area (Å²) >= 11 is 0. The Morgan fingerprint density at radius 2 is 2.16 bits per heavy atom. The van der Waals surface area contributed by atoms with E-state index in [1.807, 2.05) is 0 Å². The first-order chi connectivity index (χ1) is 9.01. The molecule has 104 valence electrons. The van der Waals surface area contributed by atoms with Crippen LogP contribution >= 0.6 is 0 Å². The van der Waals surface area contributed by atoms with Gasteiger partial charge in [0.15, 0.2) is 0 Å². The van der Waals surface area contributed by atoms with Crippen molar-refractivity contribution in [2.75, 3.05) is 20.2 Å². The van der Waals surface area contributed by atoms with Gasteiger partial charge in [-0.15, -0.1) is 6.42 Å². The second kappa shape index (κ2) is 6.57. The van der Waals surface area contributed by atoms with E-state index in [2.05, 4.69) is 5.92 Å². The summed E-state index contributed by atoms with van der Waals surface area (Å²) in [5.74, 6) is 2.52. The summed E-state index contributed by atoms with van der Waals surface area (Å²) in [6, 6.07) is 4.45. The molecular weight excluding hydrogens is 266 g/mol. The largest absolute Gasteiger partial charge is 0.495 e. The predicted molar refractivity (Wildman–Crippen MR) is 72.2 cm³/mol. The van der Waals surface area contributed by atoms with Gasteiger partial charge in [-0.2, -0.15) is 4.31 Å². The van der Waals surface area contributed by atoms with Gasteiger partial charge in [-0.05, 0) is 17.7 Å². The number of aliphatic hydroxyl groups excluding tert-OH is 1. The van der Waals surface area contributed by atoms with Gasteiger partial charge in [-0.3, -0.25) is 0 Å². The fraction of sp³-hybridized carbons (Fsp3) is 0.385. The van der Waals surface area contributed by atoms with Crippen LogP contribution in [0.3, 0.4) is 0 Å². The summed E-state index contributed by atoms with van der Waals surface area (Å²) in [7, 11) is -2.31. The molecule has 5 nitrogen and oxygen atoms in total. The first-order valence-electron chi connectivity index (χ1n) is 5.72. The number of hydrogen-bond acceptors (Lipinski definition) is 4. The lowest BCUT2D eigenvalue weighted by atomic mass is 10.2. The highest BCUT2D eigenvalue weighted by molar-refractivity contribution is 7.89. The molecule has 19 heavy (non-hydrogen) atoms. The molecule has 0 heterocycles. The molecule has 0 atom stereocenters. The Balaban J connectivity index is 3.32. The minimum Gasteiger partial charge on any atom is -0.495 e. The number of sulfonamides is 1. The summed E-state index contributed by atoms with van der Waals surface area (Å²) in [5.41, 5.74) is 0.579. The van der Waals surface area contributed by atoms with E-state index in [0.29, 0.717) is 5.56 Å². The SMILES string of the molecule is C#CCN(CC)S(=O)(=O)c1ccc(CO)cc1OC. The number of nitrogens with zero attached hydrogens (tertiary/aromatic N) is 1. The van der Waals surface area contributed by atoms with Crippen molar-refractivity contribution in [1.29, 1.82) is 0 Å². The molecule has 0 aliphatic carbocycles. The van der Waals surface area contributed by atoms with Gasteiger partial charge in [0.2, 0.25) is 10.0 Å². The third-order valence-corrected chi connectivity index (χ3v) is 4.61. The predicted octanol–water partition coefficient (Wildman–Crippen LogP) is 0.831. The van der Waals surface area contributed by atoms with Crippen molar-refractivity contribution < 1.29 is 18.3 Å². The second-order valence-corrected chi connectivity index (χ2v) is 5.69. The molecule has 0 bridgehead atoms. The van der Waals surface area contributed by atoms with Crippen LogP contribution in [0.1, 0.15) is 12.5 Å². The van der Waals surface area contributed by atoms with Crippen LogP contribution in [0.4, 0.5) is 0 Å². The molecule has 1 aromatic carbocycles. The maximum atomic E-state index is 12.4. The van der Waals surface area contributed by atoms with E-state index < -0.39 is 10.0 Å². The van der Waals surface area contributed by atoms with Crippen LogP contribution in [-0.4, -0.2) is 38.0 Å². The summed E-state index contributed by atoms with van der Waals surface area (Å²) in [6.07, 6.45) is 5.18. The Kier molecular flexibility index (Phi) is 5.36. The van der Waals surface area contributed by atoms with Gasteiger partial charge >= 0.3 is 0 Å². The van der Waals surface area contributed by atoms with Gasteiger partial charge in [0.1, 0.15) is 10.6 Å². The van der Waals surface area contributed by atoms with Crippen molar-refractivity contribution in [3.63, 3.8) is 0 Å². The van der Waals surface area contributed by atoms with Crippen LogP contribution in [0.2, 0.25) is 0 Å². The van der Waals surface area contributed by atoms with Crippen LogP contribution in [0.15, 0.2) is 23.1 Å². The molecule has 0 fully saturated rings. The summed E-state index contributed by atoms with van der Waals surface area (Å²) in [6.45, 7) is 1.81. The van der Waals surface area contributed by atoms with Gasteiger partial charge < -0.3 is 9.84 Å². The summed E-state index contributed by atoms with van der Waals surface area (Å²) in [5, 5.41) is 9.05. The standard InChI is InChI=1S/C13H17NO4S/c1-4-8-14(5-2)19(16,17)13-7-6-11(10-15)9-12(13)18-3/h1,6-7,9,15H,5,8,10H2,2-3H3. The Labute approximate surface area is 113 Å². The van der Waals surface area contributed by atoms with E-state index in [1.54, 1.807) is 13.0 Å². The number of methoxy groups -OCH3 is 1. The van der Waals surface area contributed by atoms with Crippen molar-refractivity contribution in [2.45, 2.75) is 18.4 Å². The smallest absolute Gasteiger partial charge is 0.247 e. The van der Waals surface area contributed by atoms with Gasteiger partial charge in [0.05, 0.1) is 20.3 Å². The van der Waals surface area contributed by atoms with Gasteiger partial charge in [0.25, 0.3) is 0 Å². The van der Waals surface area contributed by atoms with Crippen LogP contribution < -0.4 is 4.74 Å². The molecule has 0 amide bonds. The lowest BCUT2D eigenvalue weighted by Gasteiger charge is -2.19. The van der Waals surface area contributed by atoms with E-state index >= 15 is 0 Å². The molecule has 0 radical (unpaired) electrons. The maximum absolute atomic E-state index is 12.4. The second-order valence-electron chi connectivity index (χ2n) is 3.78. The van der Waals surface area contributed by atoms with E-state index in [4.69, 9.17) is 16.3 Å². The molecular formula is C13H17NO4S. The maximum Gasteiger partial charge on any atom is 0.247 e. The first-order valence-corrected chi connectivity index (χ1v) is 7.16. The van der Waals surface area contributed by atoms with Crippen LogP contribution in [0.5, 0.6) is 5.75 Å². The Morgan fingerprint density at radius 1 is 1.47 bits per heavy atom. The van der Waals surface area contributed by atoms with Gasteiger partial charge in [-0.1, -0.05) is 18.9 Å². The normalized spacial score (nSPS) is 11.3. The highest BCUT2D eigenvalue weighted by atomic mass is 32.2. The molecule has 0 aromatic heterocycles. The van der Waals surface area contributed by atoms with Crippen molar-refractivity contribution in [2.24, 2.45) is 0 Å². The average molecular weight is 283 g/mol. The Morgan fingerprint density at radius 3 is 2.63 bits per heavy atom. The van der Waals surface area contributed by atoms with E-state index in [-0.39, 0.29) is 30.3 Å². The average Bonchev–Trinajstić information content (AvgIpc) is 2.43. The van der Waals surface area contributed by atoms with E-state index in [1.165, 1.54) is 23.5 Å². The van der Waals surface area contributed by atoms with Gasteiger partial charge in [0, 0.05) is 6.54 Å². The zero-order valence-corrected chi connectivity index (χ0v) is 11.8. The third-order valence-electron chi connectivity index (χ3n) is 2.65. The van der Waals surface area contributed by atoms with Crippen molar-refractivity contribution in [1.82, 2.24) is 4.31 Å². The summed E-state index contributed by atoms with van der Waals surface area (Å²) < 4.78 is 31.1. The minimum atomic E-state index is -3.70. The molecule has 1 N–H and O–H groups in total. The zero-order valence-electron chi connectivity index (χ0n) is 11.0. The fourth-order valence-electron chi connectivity index (χ4n) is 1.63. The number of aliphatic hydroxyl groups is 1. The van der Waals surface area contributed by atoms with Crippen molar-refractivity contribution >= 4 is 10.0 Å². The number of hydrogen-bond donors (Lipinski definition) is 1. The molecule has 1 aromatic rings. The molecule has 0 saturated heterocycles. The zero-order chi connectivity index (χ0) is 14.5. The van der Waals surface area contributed by atoms with Crippen LogP contribution in [0.25, 0.3) is 0 Å². The van der Waals surface area contributed by atoms with Crippen LogP contribution in [0, 0.1) is 12.3 Å². The topological polar surface area (TPSA) is 66.8 Å². The van der Waals surface area contributed by atoms with Crippen LogP contribution in [-0.2, 0) is 16.6 Å². The molecule has 0 aliphatic rings. The quantitative estimate of drug-likeness (QED) is 0.785. The Bertz CT molecular complexity index is 575. The fourth-order valence-corrected chi connectivity index (χ4v) is 3.13. The minimum absolute atomic E-state index is 0.00371. The molecule has 1 rings (SSSR count). The molecule has 0 unspecified atom stereocenters.